The molecule has 0 spiro atoms. The zero-order valence-corrected chi connectivity index (χ0v) is 12.0. The van der Waals surface area contributed by atoms with E-state index in [1.165, 1.54) is 0 Å². The molecule has 0 aromatic carbocycles. The number of rotatable bonds is 4. The molecule has 0 radical (unpaired) electrons. The van der Waals surface area contributed by atoms with Crippen LogP contribution in [0.4, 0.5) is 0 Å². The van der Waals surface area contributed by atoms with E-state index in [2.05, 4.69) is 10.3 Å². The maximum atomic E-state index is 12.1. The molecular formula is C15H22N2O3. The number of aliphatic hydroxyl groups is 1. The van der Waals surface area contributed by atoms with Crippen LogP contribution in [0.5, 0.6) is 0 Å². The van der Waals surface area contributed by atoms with E-state index in [-0.39, 0.29) is 23.6 Å². The Kier molecular flexibility index (Phi) is 4.60. The number of H-pyrrole nitrogens is 1. The molecule has 1 amide bonds. The zero-order valence-electron chi connectivity index (χ0n) is 12.0. The van der Waals surface area contributed by atoms with Crippen molar-refractivity contribution in [2.24, 2.45) is 5.92 Å². The van der Waals surface area contributed by atoms with E-state index in [9.17, 15) is 14.7 Å². The van der Waals surface area contributed by atoms with E-state index >= 15 is 0 Å². The fourth-order valence-electron chi connectivity index (χ4n) is 2.93. The van der Waals surface area contributed by atoms with Crippen molar-refractivity contribution in [2.45, 2.75) is 45.6 Å². The first kappa shape index (κ1) is 14.8. The summed E-state index contributed by atoms with van der Waals surface area (Å²) in [5, 5.41) is 12.7. The van der Waals surface area contributed by atoms with Gasteiger partial charge in [-0.25, -0.2) is 0 Å². The van der Waals surface area contributed by atoms with Gasteiger partial charge in [0.1, 0.15) is 5.56 Å². The van der Waals surface area contributed by atoms with Crippen LogP contribution in [0.2, 0.25) is 0 Å². The van der Waals surface area contributed by atoms with Crippen LogP contribution < -0.4 is 10.9 Å². The van der Waals surface area contributed by atoms with E-state index in [1.807, 2.05) is 0 Å². The molecule has 2 rings (SSSR count). The van der Waals surface area contributed by atoms with Crippen molar-refractivity contribution in [3.63, 3.8) is 0 Å². The van der Waals surface area contributed by atoms with Gasteiger partial charge in [0.2, 0.25) is 0 Å². The highest BCUT2D eigenvalue weighted by Crippen LogP contribution is 2.27. The van der Waals surface area contributed by atoms with Gasteiger partial charge in [-0.15, -0.1) is 0 Å². The maximum absolute atomic E-state index is 12.1. The van der Waals surface area contributed by atoms with Crippen molar-refractivity contribution in [3.05, 3.63) is 33.2 Å². The van der Waals surface area contributed by atoms with Gasteiger partial charge in [-0.05, 0) is 44.2 Å². The van der Waals surface area contributed by atoms with E-state index in [4.69, 9.17) is 0 Å². The molecule has 1 saturated carbocycles. The minimum Gasteiger partial charge on any atom is -0.391 e. The lowest BCUT2D eigenvalue weighted by atomic mass is 10.0. The molecule has 1 aliphatic rings. The third-order valence-corrected chi connectivity index (χ3v) is 4.01. The van der Waals surface area contributed by atoms with Crippen molar-refractivity contribution >= 4 is 5.91 Å². The van der Waals surface area contributed by atoms with Gasteiger partial charge in [0.25, 0.3) is 11.5 Å². The highest BCUT2D eigenvalue weighted by Gasteiger charge is 2.24. The summed E-state index contributed by atoms with van der Waals surface area (Å²) in [5.74, 6) is -0.145. The number of aromatic amines is 1. The molecule has 1 aromatic rings. The Balaban J connectivity index is 2.00. The molecule has 20 heavy (non-hydrogen) atoms. The van der Waals surface area contributed by atoms with E-state index in [0.717, 1.165) is 31.4 Å². The van der Waals surface area contributed by atoms with Crippen LogP contribution in [0.25, 0.3) is 0 Å². The maximum Gasteiger partial charge on any atom is 0.261 e. The monoisotopic (exact) mass is 278 g/mol. The van der Waals surface area contributed by atoms with Gasteiger partial charge in [0.15, 0.2) is 0 Å². The highest BCUT2D eigenvalue weighted by molar-refractivity contribution is 5.95. The van der Waals surface area contributed by atoms with Crippen LogP contribution in [-0.2, 0) is 0 Å². The highest BCUT2D eigenvalue weighted by atomic mass is 16.3. The lowest BCUT2D eigenvalue weighted by Crippen LogP contribution is -2.38. The van der Waals surface area contributed by atoms with Crippen molar-refractivity contribution in [1.29, 1.82) is 0 Å². The summed E-state index contributed by atoms with van der Waals surface area (Å²) in [6.45, 7) is 3.72. The number of nitrogens with one attached hydrogen (secondary N) is 2. The van der Waals surface area contributed by atoms with Crippen LogP contribution in [-0.4, -0.2) is 28.6 Å². The average molecular weight is 278 g/mol. The van der Waals surface area contributed by atoms with Gasteiger partial charge in [0.05, 0.1) is 6.10 Å². The summed E-state index contributed by atoms with van der Waals surface area (Å²) >= 11 is 0. The lowest BCUT2D eigenvalue weighted by Gasteiger charge is -2.18. The second-order valence-corrected chi connectivity index (χ2v) is 5.66. The van der Waals surface area contributed by atoms with Crippen LogP contribution in [0, 0.1) is 19.8 Å². The first-order valence-electron chi connectivity index (χ1n) is 7.16. The Labute approximate surface area is 118 Å². The fraction of sp³-hybridized carbons (Fsp3) is 0.600. The summed E-state index contributed by atoms with van der Waals surface area (Å²) < 4.78 is 0. The number of pyridine rings is 1. The van der Waals surface area contributed by atoms with Crippen molar-refractivity contribution in [3.8, 4) is 0 Å². The van der Waals surface area contributed by atoms with Crippen LogP contribution in [0.1, 0.15) is 47.3 Å². The molecular weight excluding hydrogens is 256 g/mol. The number of aliphatic hydroxyl groups excluding tert-OH is 1. The average Bonchev–Trinajstić information content (AvgIpc) is 2.88. The van der Waals surface area contributed by atoms with Crippen LogP contribution in [0.3, 0.4) is 0 Å². The van der Waals surface area contributed by atoms with Crippen molar-refractivity contribution in [1.82, 2.24) is 10.3 Å². The topological polar surface area (TPSA) is 82.2 Å². The number of aryl methyl sites for hydroxylation is 2. The van der Waals surface area contributed by atoms with Gasteiger partial charge in [-0.1, -0.05) is 12.8 Å². The van der Waals surface area contributed by atoms with E-state index < -0.39 is 12.0 Å². The Hall–Kier alpha value is -1.62. The minimum absolute atomic E-state index is 0.134. The molecule has 1 atom stereocenters. The molecule has 0 saturated heterocycles. The largest absolute Gasteiger partial charge is 0.391 e. The normalized spacial score (nSPS) is 17.1. The van der Waals surface area contributed by atoms with Gasteiger partial charge in [-0.2, -0.15) is 0 Å². The second-order valence-electron chi connectivity index (χ2n) is 5.66. The molecule has 1 fully saturated rings. The molecule has 0 unspecified atom stereocenters. The zero-order chi connectivity index (χ0) is 14.7. The number of aromatic nitrogens is 1. The van der Waals surface area contributed by atoms with Gasteiger partial charge < -0.3 is 15.4 Å². The van der Waals surface area contributed by atoms with Crippen molar-refractivity contribution in [2.75, 3.05) is 6.54 Å². The quantitative estimate of drug-likeness (QED) is 0.775. The molecule has 1 heterocycles. The number of amides is 1. The number of carbonyl (C=O) groups is 1. The number of hydrogen-bond acceptors (Lipinski definition) is 3. The van der Waals surface area contributed by atoms with Crippen LogP contribution >= 0.6 is 0 Å². The predicted molar refractivity (Wildman–Crippen MR) is 76.8 cm³/mol. The lowest BCUT2D eigenvalue weighted by molar-refractivity contribution is 0.0839. The SMILES string of the molecule is Cc1cc(C)c(C(=O)NC[C@@H](O)C2CCCC2)c(=O)[nH]1. The number of carbonyl (C=O) groups excluding carboxylic acids is 1. The van der Waals surface area contributed by atoms with Gasteiger partial charge in [0, 0.05) is 12.2 Å². The third-order valence-electron chi connectivity index (χ3n) is 4.01. The van der Waals surface area contributed by atoms with E-state index in [1.54, 1.807) is 19.9 Å². The molecule has 0 aliphatic heterocycles. The Morgan fingerprint density at radius 3 is 2.70 bits per heavy atom. The summed E-state index contributed by atoms with van der Waals surface area (Å²) in [5.41, 5.74) is 1.14. The molecule has 5 nitrogen and oxygen atoms in total. The molecule has 1 aromatic heterocycles. The second kappa shape index (κ2) is 6.22. The third kappa shape index (κ3) is 3.28. The summed E-state index contributed by atoms with van der Waals surface area (Å²) in [6, 6.07) is 1.77. The summed E-state index contributed by atoms with van der Waals surface area (Å²) in [6.07, 6.45) is 3.80. The summed E-state index contributed by atoms with van der Waals surface area (Å²) in [7, 11) is 0. The van der Waals surface area contributed by atoms with Gasteiger partial charge in [-0.3, -0.25) is 9.59 Å². The first-order chi connectivity index (χ1) is 9.49. The Morgan fingerprint density at radius 2 is 2.10 bits per heavy atom. The predicted octanol–water partition coefficient (Wildman–Crippen LogP) is 1.27. The summed E-state index contributed by atoms with van der Waals surface area (Å²) in [4.78, 5) is 26.5. The molecule has 1 aliphatic carbocycles. The van der Waals surface area contributed by atoms with E-state index in [0.29, 0.717) is 5.56 Å². The molecule has 5 heteroatoms. The van der Waals surface area contributed by atoms with Gasteiger partial charge >= 0.3 is 0 Å². The molecule has 3 N–H and O–H groups in total. The standard InChI is InChI=1S/C15H22N2O3/c1-9-7-10(2)17-15(20)13(9)14(19)16-8-12(18)11-5-3-4-6-11/h7,11-12,18H,3-6,8H2,1-2H3,(H,16,19)(H,17,20)/t12-/m1/s1. The Morgan fingerprint density at radius 1 is 1.45 bits per heavy atom. The first-order valence-corrected chi connectivity index (χ1v) is 7.16. The molecule has 0 bridgehead atoms. The molecule has 110 valence electrons. The van der Waals surface area contributed by atoms with Crippen molar-refractivity contribution < 1.29 is 9.90 Å². The smallest absolute Gasteiger partial charge is 0.261 e. The Bertz CT molecular complexity index is 545. The fourth-order valence-corrected chi connectivity index (χ4v) is 2.93. The number of hydrogen-bond donors (Lipinski definition) is 3. The minimum atomic E-state index is -0.522. The van der Waals surface area contributed by atoms with Crippen LogP contribution in [0.15, 0.2) is 10.9 Å².